The average Bonchev–Trinajstić information content (AvgIpc) is 3.41. The molecule has 0 aromatic carbocycles. The minimum Gasteiger partial charge on any atom is -0.371 e. The Labute approximate surface area is 206 Å². The molecule has 1 atom stereocenters. The summed E-state index contributed by atoms with van der Waals surface area (Å²) in [6.45, 7) is 6.77. The fourth-order valence-electron chi connectivity index (χ4n) is 4.87. The van der Waals surface area contributed by atoms with Crippen LogP contribution in [0.1, 0.15) is 71.8 Å². The smallest absolute Gasteiger partial charge is 0.283 e. The zero-order chi connectivity index (χ0) is 24.7. The summed E-state index contributed by atoms with van der Waals surface area (Å²) in [6, 6.07) is 1.34. The maximum Gasteiger partial charge on any atom is 0.283 e. The molecule has 0 radical (unpaired) electrons. The highest BCUT2D eigenvalue weighted by molar-refractivity contribution is 7.17. The average molecular weight is 506 g/mol. The van der Waals surface area contributed by atoms with E-state index in [9.17, 15) is 18.4 Å². The molecule has 0 bridgehead atoms. The monoisotopic (exact) mass is 505 g/mol. The van der Waals surface area contributed by atoms with Gasteiger partial charge in [0.05, 0.1) is 24.6 Å². The molecule has 3 fully saturated rings. The molecular weight excluding hydrogens is 476 g/mol. The Morgan fingerprint density at radius 2 is 2.11 bits per heavy atom. The lowest BCUT2D eigenvalue weighted by Gasteiger charge is -2.54. The second-order valence-corrected chi connectivity index (χ2v) is 10.5. The predicted octanol–water partition coefficient (Wildman–Crippen LogP) is 4.20. The van der Waals surface area contributed by atoms with Gasteiger partial charge in [-0.1, -0.05) is 6.92 Å². The molecule has 3 aliphatic rings. The van der Waals surface area contributed by atoms with E-state index in [1.165, 1.54) is 12.3 Å². The van der Waals surface area contributed by atoms with Gasteiger partial charge in [0.2, 0.25) is 0 Å². The Balaban J connectivity index is 1.52. The van der Waals surface area contributed by atoms with Crippen molar-refractivity contribution in [2.24, 2.45) is 0 Å². The number of ether oxygens (including phenoxy) is 1. The van der Waals surface area contributed by atoms with Crippen molar-refractivity contribution in [3.8, 4) is 10.4 Å². The summed E-state index contributed by atoms with van der Waals surface area (Å²) in [6.07, 6.45) is 2.05. The fraction of sp³-hybridized carbons (Fsp3) is 0.583. The van der Waals surface area contributed by atoms with Crippen LogP contribution in [-0.2, 0) is 4.74 Å². The summed E-state index contributed by atoms with van der Waals surface area (Å²) >= 11 is 0.983. The summed E-state index contributed by atoms with van der Waals surface area (Å²) in [5.41, 5.74) is -0.306. The summed E-state index contributed by atoms with van der Waals surface area (Å²) in [4.78, 5) is 39.0. The van der Waals surface area contributed by atoms with Crippen LogP contribution in [0.4, 0.5) is 14.6 Å². The van der Waals surface area contributed by atoms with Gasteiger partial charge in [-0.3, -0.25) is 9.59 Å². The second-order valence-electron chi connectivity index (χ2n) is 9.51. The van der Waals surface area contributed by atoms with E-state index in [0.29, 0.717) is 38.6 Å². The van der Waals surface area contributed by atoms with Crippen LogP contribution in [0.5, 0.6) is 0 Å². The van der Waals surface area contributed by atoms with Crippen LogP contribution in [0.15, 0.2) is 12.3 Å². The minimum absolute atomic E-state index is 0.0236. The number of anilines is 1. The number of thiazole rings is 1. The molecule has 3 saturated heterocycles. The van der Waals surface area contributed by atoms with Gasteiger partial charge in [-0.2, -0.15) is 0 Å². The quantitative estimate of drug-likeness (QED) is 0.607. The Morgan fingerprint density at radius 3 is 2.71 bits per heavy atom. The van der Waals surface area contributed by atoms with E-state index in [1.54, 1.807) is 9.80 Å². The zero-order valence-corrected chi connectivity index (χ0v) is 20.7. The molecule has 1 spiro atoms. The maximum absolute atomic E-state index is 14.1. The molecule has 35 heavy (non-hydrogen) atoms. The summed E-state index contributed by atoms with van der Waals surface area (Å²) in [7, 11) is 0. The van der Waals surface area contributed by atoms with Gasteiger partial charge in [0.15, 0.2) is 5.01 Å². The van der Waals surface area contributed by atoms with E-state index in [0.717, 1.165) is 37.0 Å². The molecule has 0 aliphatic carbocycles. The van der Waals surface area contributed by atoms with Crippen LogP contribution >= 0.6 is 11.3 Å². The molecule has 3 aliphatic heterocycles. The van der Waals surface area contributed by atoms with Crippen LogP contribution in [-0.4, -0.2) is 76.0 Å². The van der Waals surface area contributed by atoms with E-state index >= 15 is 0 Å². The zero-order valence-electron chi connectivity index (χ0n) is 19.9. The highest BCUT2D eigenvalue weighted by atomic mass is 32.1. The van der Waals surface area contributed by atoms with Gasteiger partial charge in [-0.25, -0.2) is 18.7 Å². The van der Waals surface area contributed by atoms with Gasteiger partial charge in [-0.15, -0.1) is 11.3 Å². The van der Waals surface area contributed by atoms with Crippen molar-refractivity contribution in [3.63, 3.8) is 0 Å². The first-order valence-electron chi connectivity index (χ1n) is 12.1. The standard InChI is InChI=1S/C24H29F2N5O3S/c1-3-7-27-17-10-15(20(25)26)16(11-28-17)19-18(22(32)31-8-4-5-14(31)2)29-21(35-19)23(33)30-12-24(13-30)6-9-34-24/h10-11,14,20H,3-9,12-13H2,1-2H3,(H,27,28). The van der Waals surface area contributed by atoms with E-state index in [-0.39, 0.29) is 50.2 Å². The van der Waals surface area contributed by atoms with Gasteiger partial charge in [0.25, 0.3) is 18.2 Å². The third-order valence-electron chi connectivity index (χ3n) is 7.01. The molecular formula is C24H29F2N5O3S. The number of carbonyl (C=O) groups is 2. The molecule has 11 heteroatoms. The molecule has 1 unspecified atom stereocenters. The molecule has 5 rings (SSSR count). The van der Waals surface area contributed by atoms with E-state index in [4.69, 9.17) is 4.74 Å². The Kier molecular flexibility index (Phi) is 6.47. The number of hydrogen-bond donors (Lipinski definition) is 1. The number of carbonyl (C=O) groups excluding carboxylic acids is 2. The van der Waals surface area contributed by atoms with E-state index in [2.05, 4.69) is 15.3 Å². The lowest BCUT2D eigenvalue weighted by Crippen LogP contribution is -2.69. The largest absolute Gasteiger partial charge is 0.371 e. The summed E-state index contributed by atoms with van der Waals surface area (Å²) in [5.74, 6) is -0.297. The molecule has 1 N–H and O–H groups in total. The summed E-state index contributed by atoms with van der Waals surface area (Å²) in [5, 5.41) is 3.15. The molecule has 0 saturated carbocycles. The van der Waals surface area contributed by atoms with Crippen molar-refractivity contribution in [3.05, 3.63) is 28.5 Å². The Hall–Kier alpha value is -2.66. The molecule has 188 valence electrons. The van der Waals surface area contributed by atoms with Gasteiger partial charge < -0.3 is 19.9 Å². The van der Waals surface area contributed by atoms with Crippen molar-refractivity contribution >= 4 is 29.0 Å². The number of nitrogens with one attached hydrogen (secondary N) is 1. The minimum atomic E-state index is -2.78. The molecule has 2 aromatic rings. The second kappa shape index (κ2) is 9.42. The third-order valence-corrected chi connectivity index (χ3v) is 8.09. The van der Waals surface area contributed by atoms with Gasteiger partial charge in [0, 0.05) is 42.9 Å². The lowest BCUT2D eigenvalue weighted by molar-refractivity contribution is -0.209. The van der Waals surface area contributed by atoms with Crippen molar-refractivity contribution in [2.45, 2.75) is 57.6 Å². The maximum atomic E-state index is 14.1. The van der Waals surface area contributed by atoms with Crippen molar-refractivity contribution in [1.29, 1.82) is 0 Å². The van der Waals surface area contributed by atoms with Crippen molar-refractivity contribution in [1.82, 2.24) is 19.8 Å². The number of nitrogens with zero attached hydrogens (tertiary/aromatic N) is 4. The van der Waals surface area contributed by atoms with Crippen LogP contribution in [0, 0.1) is 0 Å². The first-order chi connectivity index (χ1) is 16.8. The van der Waals surface area contributed by atoms with Crippen LogP contribution in [0.25, 0.3) is 10.4 Å². The van der Waals surface area contributed by atoms with Crippen LogP contribution in [0.3, 0.4) is 0 Å². The number of pyridine rings is 1. The highest BCUT2D eigenvalue weighted by Crippen LogP contribution is 2.41. The Morgan fingerprint density at radius 1 is 1.34 bits per heavy atom. The number of likely N-dealkylation sites (tertiary alicyclic amines) is 2. The normalized spacial score (nSPS) is 20.8. The number of hydrogen-bond acceptors (Lipinski definition) is 7. The van der Waals surface area contributed by atoms with E-state index < -0.39 is 6.43 Å². The molecule has 2 aromatic heterocycles. The summed E-state index contributed by atoms with van der Waals surface area (Å²) < 4.78 is 33.9. The number of aromatic nitrogens is 2. The number of rotatable bonds is 7. The highest BCUT2D eigenvalue weighted by Gasteiger charge is 2.51. The number of amides is 2. The molecule has 8 nitrogen and oxygen atoms in total. The number of alkyl halides is 2. The van der Waals surface area contributed by atoms with Crippen molar-refractivity contribution in [2.75, 3.05) is 38.1 Å². The van der Waals surface area contributed by atoms with Crippen LogP contribution < -0.4 is 5.32 Å². The molecule has 2 amide bonds. The van der Waals surface area contributed by atoms with Gasteiger partial charge in [-0.05, 0) is 32.3 Å². The van der Waals surface area contributed by atoms with Gasteiger partial charge >= 0.3 is 0 Å². The topological polar surface area (TPSA) is 87.7 Å². The fourth-order valence-corrected chi connectivity index (χ4v) is 5.93. The van der Waals surface area contributed by atoms with Crippen LogP contribution in [0.2, 0.25) is 0 Å². The van der Waals surface area contributed by atoms with Crippen molar-refractivity contribution < 1.29 is 23.1 Å². The van der Waals surface area contributed by atoms with E-state index in [1.807, 2.05) is 13.8 Å². The SMILES string of the molecule is CCCNc1cc(C(F)F)c(-c2sc(C(=O)N3CC4(CCO4)C3)nc2C(=O)N2CCCC2C)cn1. The lowest BCUT2D eigenvalue weighted by atomic mass is 9.86. The first kappa shape index (κ1) is 24.1. The Bertz CT molecular complexity index is 1130. The van der Waals surface area contributed by atoms with Gasteiger partial charge in [0.1, 0.15) is 17.1 Å². The first-order valence-corrected chi connectivity index (χ1v) is 12.9. The predicted molar refractivity (Wildman–Crippen MR) is 128 cm³/mol. The molecule has 5 heterocycles. The third kappa shape index (κ3) is 4.40. The number of halogens is 2.